The van der Waals surface area contributed by atoms with Gasteiger partial charge < -0.3 is 10.6 Å². The maximum absolute atomic E-state index is 11.8. The van der Waals surface area contributed by atoms with Crippen LogP contribution in [0.3, 0.4) is 0 Å². The van der Waals surface area contributed by atoms with Crippen LogP contribution in [-0.4, -0.2) is 29.9 Å². The van der Waals surface area contributed by atoms with Crippen LogP contribution in [0.4, 0.5) is 0 Å². The maximum Gasteiger partial charge on any atom is 0.239 e. The molecule has 1 amide bonds. The van der Waals surface area contributed by atoms with E-state index >= 15 is 0 Å². The topological polar surface area (TPSA) is 46.3 Å². The molecular weight excluding hydrogens is 200 g/mol. The predicted octanol–water partition coefficient (Wildman–Crippen LogP) is 0.961. The van der Waals surface area contributed by atoms with Crippen molar-refractivity contribution in [3.63, 3.8) is 0 Å². The minimum absolute atomic E-state index is 0.0628. The molecule has 0 saturated heterocycles. The number of benzene rings is 1. The average molecular weight is 218 g/mol. The van der Waals surface area contributed by atoms with Crippen LogP contribution in [0.25, 0.3) is 0 Å². The molecule has 0 fully saturated rings. The highest BCUT2D eigenvalue weighted by Gasteiger charge is 2.20. The molecule has 0 saturated carbocycles. The van der Waals surface area contributed by atoms with Gasteiger partial charge in [0, 0.05) is 13.1 Å². The lowest BCUT2D eigenvalue weighted by Crippen LogP contribution is -2.43. The number of nitrogens with zero attached hydrogens (tertiary/aromatic N) is 1. The fraction of sp³-hybridized carbons (Fsp3) is 0.462. The lowest BCUT2D eigenvalue weighted by molar-refractivity contribution is -0.132. The first-order valence-electron chi connectivity index (χ1n) is 5.79. The van der Waals surface area contributed by atoms with Gasteiger partial charge in [0.25, 0.3) is 0 Å². The summed E-state index contributed by atoms with van der Waals surface area (Å²) in [7, 11) is 0. The Labute approximate surface area is 96.2 Å². The van der Waals surface area contributed by atoms with Crippen molar-refractivity contribution in [2.24, 2.45) is 5.73 Å². The van der Waals surface area contributed by atoms with E-state index in [1.165, 1.54) is 11.1 Å². The Morgan fingerprint density at radius 3 is 2.19 bits per heavy atom. The third kappa shape index (κ3) is 2.25. The highest BCUT2D eigenvalue weighted by molar-refractivity contribution is 5.81. The van der Waals surface area contributed by atoms with Crippen LogP contribution < -0.4 is 5.73 Å². The summed E-state index contributed by atoms with van der Waals surface area (Å²) in [6.07, 6.45) is 1.88. The summed E-state index contributed by atoms with van der Waals surface area (Å²) in [5.74, 6) is 0.0628. The molecule has 16 heavy (non-hydrogen) atoms. The molecule has 0 aliphatic carbocycles. The Bertz CT molecular complexity index is 360. The first-order valence-corrected chi connectivity index (χ1v) is 5.79. The number of amides is 1. The molecule has 86 valence electrons. The van der Waals surface area contributed by atoms with Crippen LogP contribution >= 0.6 is 0 Å². The van der Waals surface area contributed by atoms with E-state index in [2.05, 4.69) is 24.3 Å². The van der Waals surface area contributed by atoms with E-state index in [0.29, 0.717) is 0 Å². The van der Waals surface area contributed by atoms with Crippen LogP contribution in [0.1, 0.15) is 18.1 Å². The molecule has 0 unspecified atom stereocenters. The van der Waals surface area contributed by atoms with Gasteiger partial charge in [0.2, 0.25) is 5.91 Å². The van der Waals surface area contributed by atoms with Gasteiger partial charge in [-0.25, -0.2) is 0 Å². The minimum Gasteiger partial charge on any atom is -0.341 e. The van der Waals surface area contributed by atoms with Crippen LogP contribution in [-0.2, 0) is 17.6 Å². The summed E-state index contributed by atoms with van der Waals surface area (Å²) in [5.41, 5.74) is 8.36. The molecule has 3 heteroatoms. The number of rotatable bonds is 1. The lowest BCUT2D eigenvalue weighted by atomic mass is 10.0. The Kier molecular flexibility index (Phi) is 3.25. The number of carbonyl (C=O) groups is 1. The van der Waals surface area contributed by atoms with E-state index in [9.17, 15) is 4.79 Å². The molecule has 3 nitrogen and oxygen atoms in total. The lowest BCUT2D eigenvalue weighted by Gasteiger charge is -2.22. The molecule has 1 aliphatic heterocycles. The van der Waals surface area contributed by atoms with Crippen LogP contribution in [0.15, 0.2) is 24.3 Å². The Hall–Kier alpha value is -1.35. The fourth-order valence-electron chi connectivity index (χ4n) is 2.18. The average Bonchev–Trinajstić information content (AvgIpc) is 2.50. The van der Waals surface area contributed by atoms with Gasteiger partial charge in [-0.3, -0.25) is 4.79 Å². The highest BCUT2D eigenvalue weighted by atomic mass is 16.2. The largest absolute Gasteiger partial charge is 0.341 e. The van der Waals surface area contributed by atoms with Gasteiger partial charge in [0.05, 0.1) is 6.04 Å². The normalized spacial score (nSPS) is 17.5. The number of carbonyl (C=O) groups excluding carboxylic acids is 1. The van der Waals surface area contributed by atoms with E-state index in [4.69, 9.17) is 5.73 Å². The van der Waals surface area contributed by atoms with Crippen LogP contribution in [0.5, 0.6) is 0 Å². The Balaban J connectivity index is 2.10. The zero-order valence-electron chi connectivity index (χ0n) is 9.65. The summed E-state index contributed by atoms with van der Waals surface area (Å²) in [6, 6.07) is 8.02. The van der Waals surface area contributed by atoms with Crippen molar-refractivity contribution < 1.29 is 4.79 Å². The smallest absolute Gasteiger partial charge is 0.239 e. The predicted molar refractivity (Wildman–Crippen MR) is 64.1 cm³/mol. The minimum atomic E-state index is -0.388. The monoisotopic (exact) mass is 218 g/mol. The quantitative estimate of drug-likeness (QED) is 0.763. The number of nitrogens with two attached hydrogens (primary N) is 1. The Morgan fingerprint density at radius 2 is 1.75 bits per heavy atom. The summed E-state index contributed by atoms with van der Waals surface area (Å²) in [5, 5.41) is 0. The van der Waals surface area contributed by atoms with Gasteiger partial charge in [-0.2, -0.15) is 0 Å². The Morgan fingerprint density at radius 1 is 1.25 bits per heavy atom. The van der Waals surface area contributed by atoms with Crippen LogP contribution in [0, 0.1) is 0 Å². The molecule has 0 spiro atoms. The van der Waals surface area contributed by atoms with Crippen molar-refractivity contribution in [3.05, 3.63) is 35.4 Å². The van der Waals surface area contributed by atoms with Gasteiger partial charge in [0.1, 0.15) is 0 Å². The number of hydrogen-bond donors (Lipinski definition) is 1. The van der Waals surface area contributed by atoms with Crippen molar-refractivity contribution in [3.8, 4) is 0 Å². The molecule has 0 aromatic heterocycles. The highest BCUT2D eigenvalue weighted by Crippen LogP contribution is 2.15. The van der Waals surface area contributed by atoms with Crippen molar-refractivity contribution in [1.29, 1.82) is 0 Å². The molecule has 0 bridgehead atoms. The summed E-state index contributed by atoms with van der Waals surface area (Å²) >= 11 is 0. The molecule has 1 aromatic carbocycles. The van der Waals surface area contributed by atoms with Gasteiger partial charge in [-0.15, -0.1) is 0 Å². The van der Waals surface area contributed by atoms with E-state index in [1.807, 2.05) is 4.90 Å². The third-order valence-electron chi connectivity index (χ3n) is 3.12. The van der Waals surface area contributed by atoms with Crippen molar-refractivity contribution in [1.82, 2.24) is 4.90 Å². The zero-order chi connectivity index (χ0) is 11.5. The van der Waals surface area contributed by atoms with Crippen molar-refractivity contribution in [2.75, 3.05) is 13.1 Å². The van der Waals surface area contributed by atoms with Gasteiger partial charge in [-0.1, -0.05) is 24.3 Å². The van der Waals surface area contributed by atoms with Crippen LogP contribution in [0.2, 0.25) is 0 Å². The maximum atomic E-state index is 11.8. The summed E-state index contributed by atoms with van der Waals surface area (Å²) < 4.78 is 0. The molecule has 1 aromatic rings. The molecule has 2 N–H and O–H groups in total. The second-order valence-corrected chi connectivity index (χ2v) is 4.38. The van der Waals surface area contributed by atoms with E-state index in [-0.39, 0.29) is 11.9 Å². The van der Waals surface area contributed by atoms with E-state index < -0.39 is 0 Å². The zero-order valence-corrected chi connectivity index (χ0v) is 9.65. The van der Waals surface area contributed by atoms with Gasteiger partial charge in [-0.05, 0) is 30.9 Å². The fourth-order valence-corrected chi connectivity index (χ4v) is 2.18. The van der Waals surface area contributed by atoms with Crippen molar-refractivity contribution in [2.45, 2.75) is 25.8 Å². The molecular formula is C13H18N2O. The van der Waals surface area contributed by atoms with Gasteiger partial charge >= 0.3 is 0 Å². The van der Waals surface area contributed by atoms with E-state index in [1.54, 1.807) is 6.92 Å². The molecule has 2 rings (SSSR count). The third-order valence-corrected chi connectivity index (χ3v) is 3.12. The molecule has 1 aliphatic rings. The van der Waals surface area contributed by atoms with E-state index in [0.717, 1.165) is 25.9 Å². The second kappa shape index (κ2) is 4.66. The standard InChI is InChI=1S/C13H18N2O/c1-10(14)13(16)15-8-6-11-4-2-3-5-12(11)7-9-15/h2-5,10H,6-9,14H2,1H3/t10-/m0/s1. The first-order chi connectivity index (χ1) is 7.68. The molecule has 1 heterocycles. The molecule has 1 atom stereocenters. The SMILES string of the molecule is C[C@H](N)C(=O)N1CCc2ccccc2CC1. The number of hydrogen-bond acceptors (Lipinski definition) is 2. The summed E-state index contributed by atoms with van der Waals surface area (Å²) in [6.45, 7) is 3.33. The summed E-state index contributed by atoms with van der Waals surface area (Å²) in [4.78, 5) is 13.7. The van der Waals surface area contributed by atoms with Crippen molar-refractivity contribution >= 4 is 5.91 Å². The molecule has 0 radical (unpaired) electrons. The second-order valence-electron chi connectivity index (χ2n) is 4.38. The number of fused-ring (bicyclic) bond motifs is 1. The van der Waals surface area contributed by atoms with Gasteiger partial charge in [0.15, 0.2) is 0 Å². The first kappa shape index (κ1) is 11.1.